The van der Waals surface area contributed by atoms with Gasteiger partial charge in [-0.25, -0.2) is 0 Å². The molecule has 0 bridgehead atoms. The van der Waals surface area contributed by atoms with Crippen molar-refractivity contribution in [3.8, 4) is 0 Å². The molecule has 1 fully saturated rings. The van der Waals surface area contributed by atoms with Gasteiger partial charge in [0.1, 0.15) is 0 Å². The maximum absolute atomic E-state index is 12.0. The third-order valence-electron chi connectivity index (χ3n) is 2.68. The van der Waals surface area contributed by atoms with Crippen LogP contribution in [0.15, 0.2) is 0 Å². The second-order valence-electron chi connectivity index (χ2n) is 5.84. The lowest BCUT2D eigenvalue weighted by molar-refractivity contribution is -0.136. The van der Waals surface area contributed by atoms with Crippen molar-refractivity contribution >= 4 is 24.2 Å². The largest absolute Gasteiger partial charge is 0.392 e. The van der Waals surface area contributed by atoms with Gasteiger partial charge in [-0.3, -0.25) is 9.59 Å². The molecule has 1 aliphatic heterocycles. The fourth-order valence-electron chi connectivity index (χ4n) is 1.92. The maximum atomic E-state index is 12.0. The summed E-state index contributed by atoms with van der Waals surface area (Å²) in [5.41, 5.74) is -0.303. The number of aliphatic hydroxyl groups is 1. The summed E-state index contributed by atoms with van der Waals surface area (Å²) in [5, 5.41) is 15.1. The molecule has 6 nitrogen and oxygen atoms in total. The molecule has 0 aromatic carbocycles. The van der Waals surface area contributed by atoms with Crippen molar-refractivity contribution < 1.29 is 14.7 Å². The van der Waals surface area contributed by atoms with Crippen LogP contribution in [-0.2, 0) is 9.59 Å². The van der Waals surface area contributed by atoms with E-state index in [9.17, 15) is 14.7 Å². The highest BCUT2D eigenvalue weighted by molar-refractivity contribution is 5.87. The van der Waals surface area contributed by atoms with Gasteiger partial charge in [-0.15, -0.1) is 12.4 Å². The van der Waals surface area contributed by atoms with E-state index in [0.29, 0.717) is 13.0 Å². The van der Waals surface area contributed by atoms with E-state index in [1.54, 1.807) is 7.05 Å². The van der Waals surface area contributed by atoms with Gasteiger partial charge in [-0.05, 0) is 27.2 Å². The van der Waals surface area contributed by atoms with Crippen molar-refractivity contribution in [3.05, 3.63) is 0 Å². The van der Waals surface area contributed by atoms with Gasteiger partial charge in [0.2, 0.25) is 11.8 Å². The van der Waals surface area contributed by atoms with Crippen molar-refractivity contribution in [2.24, 2.45) is 0 Å². The lowest BCUT2D eigenvalue weighted by Crippen LogP contribution is -2.49. The second-order valence-corrected chi connectivity index (χ2v) is 5.84. The smallest absolute Gasteiger partial charge is 0.240 e. The van der Waals surface area contributed by atoms with Gasteiger partial charge < -0.3 is 20.6 Å². The van der Waals surface area contributed by atoms with Crippen LogP contribution in [0.1, 0.15) is 27.2 Å². The average Bonchev–Trinajstić information content (AvgIpc) is 2.60. The molecule has 1 rings (SSSR count). The van der Waals surface area contributed by atoms with E-state index in [2.05, 4.69) is 10.6 Å². The standard InChI is InChI=1S/C12H23N3O3.ClH/c1-12(2,3)14-10(17)7-15(4)11(18)9-5-8(16)6-13-9;/h8-9,13,16H,5-7H2,1-4H3,(H,14,17);1H. The number of likely N-dealkylation sites (N-methyl/N-ethyl adjacent to an activating group) is 1. The van der Waals surface area contributed by atoms with E-state index in [0.717, 1.165) is 0 Å². The average molecular weight is 294 g/mol. The molecule has 2 atom stereocenters. The highest BCUT2D eigenvalue weighted by atomic mass is 35.5. The van der Waals surface area contributed by atoms with Crippen LogP contribution < -0.4 is 10.6 Å². The summed E-state index contributed by atoms with van der Waals surface area (Å²) in [4.78, 5) is 25.0. The minimum atomic E-state index is -0.476. The molecular formula is C12H24ClN3O3. The SMILES string of the molecule is CN(CC(=O)NC(C)(C)C)C(=O)C1CC(O)CN1.Cl. The third kappa shape index (κ3) is 6.22. The first kappa shape index (κ1) is 18.1. The number of halogens is 1. The predicted octanol–water partition coefficient (Wildman–Crippen LogP) is -0.496. The molecule has 2 unspecified atom stereocenters. The first-order valence-corrected chi connectivity index (χ1v) is 6.16. The van der Waals surface area contributed by atoms with Gasteiger partial charge in [0.05, 0.1) is 18.7 Å². The minimum absolute atomic E-state index is 0. The van der Waals surface area contributed by atoms with Gasteiger partial charge in [-0.1, -0.05) is 0 Å². The number of carbonyl (C=O) groups excluding carboxylic acids is 2. The van der Waals surface area contributed by atoms with Gasteiger partial charge >= 0.3 is 0 Å². The van der Waals surface area contributed by atoms with Gasteiger partial charge in [0, 0.05) is 19.1 Å². The molecule has 7 heteroatoms. The summed E-state index contributed by atoms with van der Waals surface area (Å²) in [6.45, 7) is 6.13. The summed E-state index contributed by atoms with van der Waals surface area (Å²) in [7, 11) is 1.59. The van der Waals surface area contributed by atoms with Crippen LogP contribution in [-0.4, -0.2) is 59.6 Å². The van der Waals surface area contributed by atoms with Crippen molar-refractivity contribution in [1.82, 2.24) is 15.5 Å². The van der Waals surface area contributed by atoms with E-state index in [1.807, 2.05) is 20.8 Å². The zero-order valence-corrected chi connectivity index (χ0v) is 12.7. The summed E-state index contributed by atoms with van der Waals surface area (Å²) in [5.74, 6) is -0.340. The highest BCUT2D eigenvalue weighted by Gasteiger charge is 2.30. The molecule has 1 aliphatic rings. The fourth-order valence-corrected chi connectivity index (χ4v) is 1.92. The number of hydrogen-bond acceptors (Lipinski definition) is 4. The Bertz CT molecular complexity index is 331. The molecule has 2 amide bonds. The monoisotopic (exact) mass is 293 g/mol. The number of β-amino-alcohol motifs (C(OH)–C–C–N with tert-alkyl or cyclic N) is 1. The molecule has 1 saturated heterocycles. The van der Waals surface area contributed by atoms with Crippen LogP contribution in [0, 0.1) is 0 Å². The Balaban J connectivity index is 0.00000324. The first-order chi connectivity index (χ1) is 8.19. The number of nitrogens with one attached hydrogen (secondary N) is 2. The Morgan fingerprint density at radius 2 is 2.00 bits per heavy atom. The van der Waals surface area contributed by atoms with Gasteiger partial charge in [0.25, 0.3) is 0 Å². The number of nitrogens with zero attached hydrogens (tertiary/aromatic N) is 1. The normalized spacial score (nSPS) is 22.6. The zero-order chi connectivity index (χ0) is 13.9. The lowest BCUT2D eigenvalue weighted by Gasteiger charge is -2.24. The van der Waals surface area contributed by atoms with E-state index in [4.69, 9.17) is 0 Å². The van der Waals surface area contributed by atoms with Crippen molar-refractivity contribution in [1.29, 1.82) is 0 Å². The molecule has 0 radical (unpaired) electrons. The van der Waals surface area contributed by atoms with Crippen molar-refractivity contribution in [2.45, 2.75) is 44.9 Å². The quantitative estimate of drug-likeness (QED) is 0.655. The van der Waals surface area contributed by atoms with E-state index in [1.165, 1.54) is 4.90 Å². The summed E-state index contributed by atoms with van der Waals surface area (Å²) >= 11 is 0. The predicted molar refractivity (Wildman–Crippen MR) is 75.2 cm³/mol. The Morgan fingerprint density at radius 3 is 2.42 bits per heavy atom. The number of rotatable bonds is 3. The van der Waals surface area contributed by atoms with Crippen LogP contribution in [0.2, 0.25) is 0 Å². The molecule has 0 aromatic rings. The molecule has 0 aliphatic carbocycles. The van der Waals surface area contributed by atoms with Crippen LogP contribution in [0.3, 0.4) is 0 Å². The number of carbonyl (C=O) groups is 2. The van der Waals surface area contributed by atoms with Crippen LogP contribution >= 0.6 is 12.4 Å². The van der Waals surface area contributed by atoms with Crippen LogP contribution in [0.5, 0.6) is 0 Å². The Labute approximate surface area is 120 Å². The third-order valence-corrected chi connectivity index (χ3v) is 2.68. The molecule has 112 valence electrons. The summed E-state index contributed by atoms with van der Waals surface area (Å²) < 4.78 is 0. The highest BCUT2D eigenvalue weighted by Crippen LogP contribution is 2.08. The fraction of sp³-hybridized carbons (Fsp3) is 0.833. The molecular weight excluding hydrogens is 270 g/mol. The minimum Gasteiger partial charge on any atom is -0.392 e. The Hall–Kier alpha value is -0.850. The zero-order valence-electron chi connectivity index (χ0n) is 11.9. The Kier molecular flexibility index (Phi) is 6.76. The topological polar surface area (TPSA) is 81.7 Å². The van der Waals surface area contributed by atoms with E-state index >= 15 is 0 Å². The maximum Gasteiger partial charge on any atom is 0.240 e. The number of amides is 2. The van der Waals surface area contributed by atoms with E-state index < -0.39 is 6.10 Å². The summed E-state index contributed by atoms with van der Waals surface area (Å²) in [6, 6.07) is -0.382. The molecule has 1 heterocycles. The van der Waals surface area contributed by atoms with Crippen LogP contribution in [0.4, 0.5) is 0 Å². The van der Waals surface area contributed by atoms with Crippen molar-refractivity contribution in [2.75, 3.05) is 20.1 Å². The molecule has 3 N–H and O–H groups in total. The number of aliphatic hydroxyl groups excluding tert-OH is 1. The Morgan fingerprint density at radius 1 is 1.42 bits per heavy atom. The van der Waals surface area contributed by atoms with Gasteiger partial charge in [0.15, 0.2) is 0 Å². The van der Waals surface area contributed by atoms with Crippen molar-refractivity contribution in [3.63, 3.8) is 0 Å². The second kappa shape index (κ2) is 7.07. The van der Waals surface area contributed by atoms with Gasteiger partial charge in [-0.2, -0.15) is 0 Å². The lowest BCUT2D eigenvalue weighted by atomic mass is 10.1. The van der Waals surface area contributed by atoms with E-state index in [-0.39, 0.29) is 42.3 Å². The molecule has 0 spiro atoms. The summed E-state index contributed by atoms with van der Waals surface area (Å²) in [6.07, 6.45) is -0.0693. The molecule has 0 aromatic heterocycles. The van der Waals surface area contributed by atoms with Crippen LogP contribution in [0.25, 0.3) is 0 Å². The number of hydrogen-bond donors (Lipinski definition) is 3. The molecule has 19 heavy (non-hydrogen) atoms. The molecule has 0 saturated carbocycles. The first-order valence-electron chi connectivity index (χ1n) is 6.16.